The molecule has 0 spiro atoms. The summed E-state index contributed by atoms with van der Waals surface area (Å²) in [5.74, 6) is -2.42. The highest BCUT2D eigenvalue weighted by Crippen LogP contribution is 2.34. The highest BCUT2D eigenvalue weighted by molar-refractivity contribution is 7.99. The molecule has 0 saturated carbocycles. The van der Waals surface area contributed by atoms with Crippen molar-refractivity contribution in [1.29, 1.82) is 0 Å². The van der Waals surface area contributed by atoms with Gasteiger partial charge in [-0.1, -0.05) is 36.0 Å². The van der Waals surface area contributed by atoms with Gasteiger partial charge >= 0.3 is 0 Å². The predicted molar refractivity (Wildman–Crippen MR) is 115 cm³/mol. The van der Waals surface area contributed by atoms with Gasteiger partial charge in [0.25, 0.3) is 17.5 Å². The number of nitro benzene ring substituents is 1. The van der Waals surface area contributed by atoms with Crippen LogP contribution in [0.4, 0.5) is 14.5 Å². The zero-order chi connectivity index (χ0) is 23.1. The number of carbonyl (C=O) groups is 2. The predicted octanol–water partition coefficient (Wildman–Crippen LogP) is 4.18. The molecule has 0 aromatic heterocycles. The molecule has 0 bridgehead atoms. The second-order valence-electron chi connectivity index (χ2n) is 6.46. The normalized spacial score (nSPS) is 10.4. The lowest BCUT2D eigenvalue weighted by atomic mass is 10.2. The molecule has 3 rings (SSSR count). The van der Waals surface area contributed by atoms with Crippen LogP contribution in [0.2, 0.25) is 0 Å². The molecule has 10 heteroatoms. The van der Waals surface area contributed by atoms with E-state index in [9.17, 15) is 28.5 Å². The molecule has 0 aliphatic carbocycles. The van der Waals surface area contributed by atoms with Crippen molar-refractivity contribution >= 4 is 29.3 Å². The third-order valence-corrected chi connectivity index (χ3v) is 5.42. The molecule has 3 aromatic carbocycles. The SMILES string of the molecule is O=C(NCCNC(=O)c1cc([N+](=O)[O-])ccc1Sc1ccccc1F)c1ccccc1F. The van der Waals surface area contributed by atoms with E-state index in [2.05, 4.69) is 10.6 Å². The Bertz CT molecular complexity index is 1170. The summed E-state index contributed by atoms with van der Waals surface area (Å²) in [6, 6.07) is 15.2. The number of rotatable bonds is 8. The molecule has 0 radical (unpaired) electrons. The molecule has 2 amide bonds. The molecule has 0 unspecified atom stereocenters. The van der Waals surface area contributed by atoms with Crippen molar-refractivity contribution in [2.75, 3.05) is 13.1 Å². The van der Waals surface area contributed by atoms with E-state index in [1.807, 2.05) is 0 Å². The number of hydrogen-bond acceptors (Lipinski definition) is 5. The number of amides is 2. The summed E-state index contributed by atoms with van der Waals surface area (Å²) in [7, 11) is 0. The van der Waals surface area contributed by atoms with E-state index in [-0.39, 0.29) is 34.8 Å². The number of nitro groups is 1. The van der Waals surface area contributed by atoms with Crippen molar-refractivity contribution in [2.24, 2.45) is 0 Å². The quantitative estimate of drug-likeness (QED) is 0.300. The van der Waals surface area contributed by atoms with Crippen molar-refractivity contribution in [1.82, 2.24) is 10.6 Å². The lowest BCUT2D eigenvalue weighted by Gasteiger charge is -2.11. The summed E-state index contributed by atoms with van der Waals surface area (Å²) < 4.78 is 27.7. The monoisotopic (exact) mass is 457 g/mol. The molecule has 32 heavy (non-hydrogen) atoms. The average molecular weight is 457 g/mol. The van der Waals surface area contributed by atoms with Gasteiger partial charge < -0.3 is 10.6 Å². The number of hydrogen-bond donors (Lipinski definition) is 2. The first-order valence-electron chi connectivity index (χ1n) is 9.38. The van der Waals surface area contributed by atoms with E-state index < -0.39 is 28.4 Å². The number of carbonyl (C=O) groups excluding carboxylic acids is 2. The smallest absolute Gasteiger partial charge is 0.270 e. The number of non-ortho nitro benzene ring substituents is 1. The Morgan fingerprint density at radius 2 is 1.41 bits per heavy atom. The summed E-state index contributed by atoms with van der Waals surface area (Å²) in [5, 5.41) is 16.2. The molecule has 3 aromatic rings. The van der Waals surface area contributed by atoms with Crippen molar-refractivity contribution in [2.45, 2.75) is 9.79 Å². The minimum Gasteiger partial charge on any atom is -0.350 e. The van der Waals surface area contributed by atoms with Crippen LogP contribution in [-0.2, 0) is 0 Å². The Balaban J connectivity index is 1.68. The molecule has 164 valence electrons. The highest BCUT2D eigenvalue weighted by atomic mass is 32.2. The zero-order valence-electron chi connectivity index (χ0n) is 16.5. The van der Waals surface area contributed by atoms with Crippen molar-refractivity contribution in [3.05, 3.63) is 99.6 Å². The number of benzene rings is 3. The van der Waals surface area contributed by atoms with E-state index in [1.165, 1.54) is 48.5 Å². The molecule has 7 nitrogen and oxygen atoms in total. The van der Waals surface area contributed by atoms with E-state index in [1.54, 1.807) is 6.07 Å². The fraction of sp³-hybridized carbons (Fsp3) is 0.0909. The van der Waals surface area contributed by atoms with Crippen molar-refractivity contribution in [3.8, 4) is 0 Å². The summed E-state index contributed by atoms with van der Waals surface area (Å²) >= 11 is 0.963. The third kappa shape index (κ3) is 5.67. The van der Waals surface area contributed by atoms with Gasteiger partial charge in [0.05, 0.1) is 16.1 Å². The van der Waals surface area contributed by atoms with Gasteiger partial charge in [-0.05, 0) is 30.3 Å². The lowest BCUT2D eigenvalue weighted by Crippen LogP contribution is -2.35. The van der Waals surface area contributed by atoms with Gasteiger partial charge in [-0.3, -0.25) is 19.7 Å². The Labute approximate surface area is 186 Å². The molecule has 0 aliphatic heterocycles. The minimum atomic E-state index is -0.666. The van der Waals surface area contributed by atoms with Gasteiger partial charge in [-0.25, -0.2) is 8.78 Å². The van der Waals surface area contributed by atoms with Gasteiger partial charge in [0.1, 0.15) is 11.6 Å². The van der Waals surface area contributed by atoms with Gasteiger partial charge in [0.15, 0.2) is 0 Å². The highest BCUT2D eigenvalue weighted by Gasteiger charge is 2.18. The van der Waals surface area contributed by atoms with Crippen LogP contribution in [-0.4, -0.2) is 29.8 Å². The first kappa shape index (κ1) is 22.9. The van der Waals surface area contributed by atoms with Crippen LogP contribution < -0.4 is 10.6 Å². The Kier molecular flexibility index (Phi) is 7.50. The van der Waals surface area contributed by atoms with Gasteiger partial charge in [-0.2, -0.15) is 0 Å². The maximum atomic E-state index is 14.0. The minimum absolute atomic E-state index is 0.00360. The standard InChI is InChI=1S/C22H17F2N3O4S/c23-17-6-2-1-5-15(17)21(28)25-11-12-26-22(29)16-13-14(27(30)31)9-10-19(16)32-20-8-4-3-7-18(20)24/h1-10,13H,11-12H2,(H,25,28)(H,26,29). The van der Waals surface area contributed by atoms with Gasteiger partial charge in [0.2, 0.25) is 0 Å². The third-order valence-electron chi connectivity index (χ3n) is 4.29. The van der Waals surface area contributed by atoms with Crippen LogP contribution in [0, 0.1) is 21.7 Å². The number of nitrogens with zero attached hydrogens (tertiary/aromatic N) is 1. The first-order chi connectivity index (χ1) is 15.4. The second kappa shape index (κ2) is 10.5. The summed E-state index contributed by atoms with van der Waals surface area (Å²) in [5.41, 5.74) is -0.421. The van der Waals surface area contributed by atoms with Crippen LogP contribution in [0.1, 0.15) is 20.7 Å². The van der Waals surface area contributed by atoms with Crippen molar-refractivity contribution in [3.63, 3.8) is 0 Å². The fourth-order valence-electron chi connectivity index (χ4n) is 2.73. The summed E-state index contributed by atoms with van der Waals surface area (Å²) in [6.07, 6.45) is 0. The zero-order valence-corrected chi connectivity index (χ0v) is 17.3. The molecule has 0 saturated heterocycles. The lowest BCUT2D eigenvalue weighted by molar-refractivity contribution is -0.384. The van der Waals surface area contributed by atoms with E-state index in [0.29, 0.717) is 4.90 Å². The largest absolute Gasteiger partial charge is 0.350 e. The van der Waals surface area contributed by atoms with Crippen LogP contribution in [0.3, 0.4) is 0 Å². The molecule has 0 atom stereocenters. The summed E-state index contributed by atoms with van der Waals surface area (Å²) in [4.78, 5) is 35.8. The molecular weight excluding hydrogens is 440 g/mol. The van der Waals surface area contributed by atoms with Gasteiger partial charge in [0, 0.05) is 35.0 Å². The maximum absolute atomic E-state index is 14.0. The van der Waals surface area contributed by atoms with Gasteiger partial charge in [-0.15, -0.1) is 0 Å². The molecular formula is C22H17F2N3O4S. The molecule has 0 fully saturated rings. The van der Waals surface area contributed by atoms with Crippen LogP contribution in [0.25, 0.3) is 0 Å². The Morgan fingerprint density at radius 3 is 2.03 bits per heavy atom. The van der Waals surface area contributed by atoms with Crippen LogP contribution in [0.15, 0.2) is 76.5 Å². The molecule has 0 heterocycles. The Morgan fingerprint density at radius 1 is 0.812 bits per heavy atom. The molecule has 0 aliphatic rings. The van der Waals surface area contributed by atoms with E-state index in [0.717, 1.165) is 23.9 Å². The number of halogens is 2. The maximum Gasteiger partial charge on any atom is 0.270 e. The van der Waals surface area contributed by atoms with Crippen molar-refractivity contribution < 1.29 is 23.3 Å². The first-order valence-corrected chi connectivity index (χ1v) is 10.2. The van der Waals surface area contributed by atoms with E-state index in [4.69, 9.17) is 0 Å². The molecule has 2 N–H and O–H groups in total. The van der Waals surface area contributed by atoms with Crippen LogP contribution >= 0.6 is 11.8 Å². The average Bonchev–Trinajstić information content (AvgIpc) is 2.78. The topological polar surface area (TPSA) is 101 Å². The number of nitrogens with one attached hydrogen (secondary N) is 2. The Hall–Kier alpha value is -3.79. The fourth-order valence-corrected chi connectivity index (χ4v) is 3.68. The second-order valence-corrected chi connectivity index (χ2v) is 7.55. The van der Waals surface area contributed by atoms with Crippen LogP contribution in [0.5, 0.6) is 0 Å². The van der Waals surface area contributed by atoms with E-state index >= 15 is 0 Å². The summed E-state index contributed by atoms with van der Waals surface area (Å²) in [6.45, 7) is -0.00481.